The standard InChI is InChI=1S/C21H24FNO3/c1-25-20-10-3-2-7-17(20)14-23(15-19-9-5-11-26-19)21(24)13-16-6-4-8-18(22)12-16/h2-4,6-8,10,12,19H,5,9,11,13-15H2,1H3. The van der Waals surface area contributed by atoms with Gasteiger partial charge in [0, 0.05) is 25.3 Å². The molecule has 0 saturated carbocycles. The number of nitrogens with zero attached hydrogens (tertiary/aromatic N) is 1. The summed E-state index contributed by atoms with van der Waals surface area (Å²) in [5.74, 6) is 0.381. The first-order chi connectivity index (χ1) is 12.7. The Kier molecular flexibility index (Phi) is 6.23. The van der Waals surface area contributed by atoms with Gasteiger partial charge in [-0.1, -0.05) is 30.3 Å². The number of para-hydroxylation sites is 1. The number of hydrogen-bond acceptors (Lipinski definition) is 3. The summed E-state index contributed by atoms with van der Waals surface area (Å²) in [6.07, 6.45) is 2.20. The van der Waals surface area contributed by atoms with Crippen LogP contribution >= 0.6 is 0 Å². The molecule has 1 saturated heterocycles. The number of rotatable bonds is 7. The van der Waals surface area contributed by atoms with Gasteiger partial charge in [-0.2, -0.15) is 0 Å². The number of carbonyl (C=O) groups excluding carboxylic acids is 1. The molecular formula is C21H24FNO3. The average molecular weight is 357 g/mol. The molecule has 1 amide bonds. The van der Waals surface area contributed by atoms with Crippen molar-refractivity contribution in [2.45, 2.75) is 31.9 Å². The summed E-state index contributed by atoms with van der Waals surface area (Å²) in [5, 5.41) is 0. The van der Waals surface area contributed by atoms with Crippen molar-refractivity contribution < 1.29 is 18.7 Å². The first-order valence-electron chi connectivity index (χ1n) is 8.91. The predicted octanol–water partition coefficient (Wildman–Crippen LogP) is 3.58. The molecule has 2 aromatic carbocycles. The second kappa shape index (κ2) is 8.81. The molecule has 1 heterocycles. The van der Waals surface area contributed by atoms with Crippen LogP contribution < -0.4 is 4.74 Å². The van der Waals surface area contributed by atoms with E-state index < -0.39 is 0 Å². The molecule has 1 aliphatic rings. The zero-order valence-corrected chi connectivity index (χ0v) is 15.0. The number of carbonyl (C=O) groups is 1. The fraction of sp³-hybridized carbons (Fsp3) is 0.381. The maximum absolute atomic E-state index is 13.4. The summed E-state index contributed by atoms with van der Waals surface area (Å²) >= 11 is 0. The Hall–Kier alpha value is -2.40. The van der Waals surface area contributed by atoms with Crippen LogP contribution in [-0.4, -0.2) is 37.2 Å². The lowest BCUT2D eigenvalue weighted by Gasteiger charge is -2.26. The number of benzene rings is 2. The van der Waals surface area contributed by atoms with E-state index in [4.69, 9.17) is 9.47 Å². The highest BCUT2D eigenvalue weighted by Crippen LogP contribution is 2.22. The van der Waals surface area contributed by atoms with Crippen molar-refractivity contribution in [3.63, 3.8) is 0 Å². The highest BCUT2D eigenvalue weighted by molar-refractivity contribution is 5.79. The van der Waals surface area contributed by atoms with E-state index in [0.717, 1.165) is 30.8 Å². The molecule has 0 aromatic heterocycles. The lowest BCUT2D eigenvalue weighted by atomic mass is 10.1. The van der Waals surface area contributed by atoms with E-state index in [-0.39, 0.29) is 24.2 Å². The van der Waals surface area contributed by atoms with Gasteiger partial charge in [0.2, 0.25) is 5.91 Å². The van der Waals surface area contributed by atoms with Crippen LogP contribution in [0.5, 0.6) is 5.75 Å². The van der Waals surface area contributed by atoms with E-state index in [2.05, 4.69) is 0 Å². The van der Waals surface area contributed by atoms with Gasteiger partial charge in [0.1, 0.15) is 11.6 Å². The fourth-order valence-electron chi connectivity index (χ4n) is 3.26. The Labute approximate surface area is 153 Å². The topological polar surface area (TPSA) is 38.8 Å². The van der Waals surface area contributed by atoms with Crippen molar-refractivity contribution in [1.29, 1.82) is 0 Å². The van der Waals surface area contributed by atoms with E-state index >= 15 is 0 Å². The Bertz CT molecular complexity index is 744. The summed E-state index contributed by atoms with van der Waals surface area (Å²) in [4.78, 5) is 14.7. The molecule has 0 bridgehead atoms. The second-order valence-electron chi connectivity index (χ2n) is 6.53. The van der Waals surface area contributed by atoms with Crippen molar-refractivity contribution >= 4 is 5.91 Å². The highest BCUT2D eigenvalue weighted by Gasteiger charge is 2.23. The van der Waals surface area contributed by atoms with E-state index in [0.29, 0.717) is 18.7 Å². The van der Waals surface area contributed by atoms with Crippen LogP contribution in [0.1, 0.15) is 24.0 Å². The lowest BCUT2D eigenvalue weighted by Crippen LogP contribution is -2.38. The largest absolute Gasteiger partial charge is 0.496 e. The van der Waals surface area contributed by atoms with Crippen LogP contribution in [0.3, 0.4) is 0 Å². The quantitative estimate of drug-likeness (QED) is 0.760. The van der Waals surface area contributed by atoms with Gasteiger partial charge < -0.3 is 14.4 Å². The van der Waals surface area contributed by atoms with Gasteiger partial charge in [0.15, 0.2) is 0 Å². The van der Waals surface area contributed by atoms with Crippen LogP contribution in [0.2, 0.25) is 0 Å². The van der Waals surface area contributed by atoms with E-state index in [1.54, 1.807) is 24.1 Å². The molecule has 1 aliphatic heterocycles. The van der Waals surface area contributed by atoms with Crippen LogP contribution in [-0.2, 0) is 22.5 Å². The van der Waals surface area contributed by atoms with E-state index in [1.807, 2.05) is 24.3 Å². The van der Waals surface area contributed by atoms with Crippen LogP contribution in [0.15, 0.2) is 48.5 Å². The Balaban J connectivity index is 1.76. The molecule has 0 N–H and O–H groups in total. The number of ether oxygens (including phenoxy) is 2. The third-order valence-corrected chi connectivity index (χ3v) is 4.60. The van der Waals surface area contributed by atoms with Crippen molar-refractivity contribution in [2.24, 2.45) is 0 Å². The molecular weight excluding hydrogens is 333 g/mol. The van der Waals surface area contributed by atoms with Crippen molar-refractivity contribution in [3.05, 3.63) is 65.5 Å². The Morgan fingerprint density at radius 2 is 2.12 bits per heavy atom. The predicted molar refractivity (Wildman–Crippen MR) is 97.5 cm³/mol. The molecule has 0 spiro atoms. The van der Waals surface area contributed by atoms with Gasteiger partial charge in [0.25, 0.3) is 0 Å². The van der Waals surface area contributed by atoms with Gasteiger partial charge in [-0.25, -0.2) is 4.39 Å². The summed E-state index contributed by atoms with van der Waals surface area (Å²) in [6.45, 7) is 1.72. The minimum Gasteiger partial charge on any atom is -0.496 e. The molecule has 1 fully saturated rings. The maximum Gasteiger partial charge on any atom is 0.227 e. The molecule has 3 rings (SSSR count). The van der Waals surface area contributed by atoms with Crippen LogP contribution in [0.4, 0.5) is 4.39 Å². The molecule has 5 heteroatoms. The average Bonchev–Trinajstić information content (AvgIpc) is 3.15. The SMILES string of the molecule is COc1ccccc1CN(CC1CCCO1)C(=O)Cc1cccc(F)c1. The van der Waals surface area contributed by atoms with Gasteiger partial charge in [0.05, 0.1) is 19.6 Å². The molecule has 0 aliphatic carbocycles. The summed E-state index contributed by atoms with van der Waals surface area (Å²) in [7, 11) is 1.62. The Morgan fingerprint density at radius 1 is 1.27 bits per heavy atom. The molecule has 1 atom stereocenters. The zero-order valence-electron chi connectivity index (χ0n) is 15.0. The highest BCUT2D eigenvalue weighted by atomic mass is 19.1. The summed E-state index contributed by atoms with van der Waals surface area (Å²) in [5.41, 5.74) is 1.62. The van der Waals surface area contributed by atoms with Gasteiger partial charge in [-0.3, -0.25) is 4.79 Å². The third kappa shape index (κ3) is 4.82. The first kappa shape index (κ1) is 18.4. The second-order valence-corrected chi connectivity index (χ2v) is 6.53. The number of halogens is 1. The monoisotopic (exact) mass is 357 g/mol. The zero-order chi connectivity index (χ0) is 18.4. The van der Waals surface area contributed by atoms with Gasteiger partial charge >= 0.3 is 0 Å². The minimum atomic E-state index is -0.328. The fourth-order valence-corrected chi connectivity index (χ4v) is 3.26. The van der Waals surface area contributed by atoms with Crippen molar-refractivity contribution in [2.75, 3.05) is 20.3 Å². The molecule has 1 unspecified atom stereocenters. The number of hydrogen-bond donors (Lipinski definition) is 0. The van der Waals surface area contributed by atoms with Crippen molar-refractivity contribution in [3.8, 4) is 5.75 Å². The van der Waals surface area contributed by atoms with E-state index in [1.165, 1.54) is 12.1 Å². The van der Waals surface area contributed by atoms with Gasteiger partial charge in [-0.15, -0.1) is 0 Å². The first-order valence-corrected chi connectivity index (χ1v) is 8.91. The Morgan fingerprint density at radius 3 is 2.85 bits per heavy atom. The molecule has 26 heavy (non-hydrogen) atoms. The summed E-state index contributed by atoms with van der Waals surface area (Å²) in [6, 6.07) is 13.9. The minimum absolute atomic E-state index is 0.0444. The number of amides is 1. The molecule has 2 aromatic rings. The number of methoxy groups -OCH3 is 1. The van der Waals surface area contributed by atoms with E-state index in [9.17, 15) is 9.18 Å². The molecule has 138 valence electrons. The third-order valence-electron chi connectivity index (χ3n) is 4.60. The smallest absolute Gasteiger partial charge is 0.227 e. The maximum atomic E-state index is 13.4. The van der Waals surface area contributed by atoms with Crippen molar-refractivity contribution in [1.82, 2.24) is 4.90 Å². The van der Waals surface area contributed by atoms with Crippen LogP contribution in [0, 0.1) is 5.82 Å². The normalized spacial score (nSPS) is 16.5. The molecule has 0 radical (unpaired) electrons. The lowest BCUT2D eigenvalue weighted by molar-refractivity contribution is -0.132. The van der Waals surface area contributed by atoms with Crippen LogP contribution in [0.25, 0.3) is 0 Å². The molecule has 4 nitrogen and oxygen atoms in total. The summed E-state index contributed by atoms with van der Waals surface area (Å²) < 4.78 is 24.6. The van der Waals surface area contributed by atoms with Gasteiger partial charge in [-0.05, 0) is 36.6 Å².